The van der Waals surface area contributed by atoms with Gasteiger partial charge >= 0.3 is 0 Å². The number of hydrogen-bond acceptors (Lipinski definition) is 7. The molecule has 196 valence electrons. The molecule has 2 aromatic heterocycles. The van der Waals surface area contributed by atoms with Crippen molar-refractivity contribution in [2.75, 3.05) is 4.90 Å². The molecule has 4 aromatic rings. The predicted octanol–water partition coefficient (Wildman–Crippen LogP) is 3.61. The lowest BCUT2D eigenvalue weighted by Gasteiger charge is -2.48. The van der Waals surface area contributed by atoms with Crippen molar-refractivity contribution in [2.45, 2.75) is 57.0 Å². The lowest BCUT2D eigenvalue weighted by atomic mass is 9.65. The molecule has 1 fully saturated rings. The molecule has 2 N–H and O–H groups in total. The summed E-state index contributed by atoms with van der Waals surface area (Å²) in [6.45, 7) is 3.68. The Balaban J connectivity index is 1.33. The number of carbonyl (C=O) groups excluding carboxylic acids is 1. The first-order valence-electron chi connectivity index (χ1n) is 12.6. The van der Waals surface area contributed by atoms with Gasteiger partial charge in [-0.05, 0) is 43.2 Å². The zero-order valence-corrected chi connectivity index (χ0v) is 21.3. The van der Waals surface area contributed by atoms with Gasteiger partial charge in [0.05, 0.1) is 29.0 Å². The van der Waals surface area contributed by atoms with E-state index >= 15 is 0 Å². The van der Waals surface area contributed by atoms with Gasteiger partial charge in [0.25, 0.3) is 5.91 Å². The second-order valence-corrected chi connectivity index (χ2v) is 10.3. The zero-order chi connectivity index (χ0) is 26.8. The summed E-state index contributed by atoms with van der Waals surface area (Å²) >= 11 is 0. The minimum Gasteiger partial charge on any atom is -0.476 e. The summed E-state index contributed by atoms with van der Waals surface area (Å²) in [7, 11) is 1.81. The van der Waals surface area contributed by atoms with E-state index in [1.54, 1.807) is 36.1 Å². The third-order valence-electron chi connectivity index (χ3n) is 7.71. The van der Waals surface area contributed by atoms with Gasteiger partial charge in [0.15, 0.2) is 23.5 Å². The van der Waals surface area contributed by atoms with Crippen LogP contribution in [0.2, 0.25) is 0 Å². The number of ether oxygens (including phenoxy) is 1. The molecule has 0 saturated heterocycles. The molecule has 1 atom stereocenters. The maximum Gasteiger partial charge on any atom is 0.268 e. The van der Waals surface area contributed by atoms with Gasteiger partial charge in [-0.2, -0.15) is 5.10 Å². The van der Waals surface area contributed by atoms with Crippen molar-refractivity contribution in [1.82, 2.24) is 19.7 Å². The van der Waals surface area contributed by atoms with Crippen molar-refractivity contribution in [3.8, 4) is 16.9 Å². The summed E-state index contributed by atoms with van der Waals surface area (Å²) in [6, 6.07) is 10.3. The van der Waals surface area contributed by atoms with E-state index in [-0.39, 0.29) is 31.0 Å². The number of aliphatic hydroxyl groups is 2. The standard InChI is InChI=1S/C28H28FN5O4/c1-4-27(36)14-28(37,15-27)26-30-11-18(12-31-26)17-8-9-21-19(10-17)23(33(3)32-21)13-34-22-7-5-6-20(29)24(22)38-16(2)25(34)35/h5-12,16,36-37H,4,13-15H2,1-3H3/t16-,27?,28?/m1/s1. The normalized spacial score (nSPS) is 24.7. The number of fused-ring (bicyclic) bond motifs is 2. The quantitative estimate of drug-likeness (QED) is 0.416. The molecule has 3 heterocycles. The molecular formula is C28H28FN5O4. The highest BCUT2D eigenvalue weighted by Crippen LogP contribution is 2.48. The van der Waals surface area contributed by atoms with Gasteiger partial charge in [-0.1, -0.05) is 19.1 Å². The average molecular weight is 518 g/mol. The Hall–Kier alpha value is -3.89. The van der Waals surface area contributed by atoms with Gasteiger partial charge in [-0.3, -0.25) is 14.4 Å². The third-order valence-corrected chi connectivity index (χ3v) is 7.71. The number of para-hydroxylation sites is 1. The Bertz CT molecular complexity index is 1560. The van der Waals surface area contributed by atoms with Crippen molar-refractivity contribution in [3.63, 3.8) is 0 Å². The van der Waals surface area contributed by atoms with Gasteiger partial charge in [-0.15, -0.1) is 0 Å². The molecular weight excluding hydrogens is 489 g/mol. The number of anilines is 1. The topological polar surface area (TPSA) is 114 Å². The first kappa shape index (κ1) is 24.4. The van der Waals surface area contributed by atoms with Crippen LogP contribution in [0.15, 0.2) is 48.8 Å². The van der Waals surface area contributed by atoms with Gasteiger partial charge in [0, 0.05) is 43.2 Å². The van der Waals surface area contributed by atoms with Crippen LogP contribution in [-0.4, -0.2) is 47.6 Å². The number of nitrogens with zero attached hydrogens (tertiary/aromatic N) is 5. The molecule has 38 heavy (non-hydrogen) atoms. The summed E-state index contributed by atoms with van der Waals surface area (Å²) in [6.07, 6.45) is 3.50. The minimum atomic E-state index is -1.22. The monoisotopic (exact) mass is 517 g/mol. The first-order chi connectivity index (χ1) is 18.1. The molecule has 1 aliphatic carbocycles. The highest BCUT2D eigenvalue weighted by molar-refractivity contribution is 6.00. The highest BCUT2D eigenvalue weighted by atomic mass is 19.1. The average Bonchev–Trinajstić information content (AvgIpc) is 3.20. The molecule has 1 amide bonds. The Kier molecular flexibility index (Phi) is 5.51. The van der Waals surface area contributed by atoms with E-state index in [9.17, 15) is 19.4 Å². The molecule has 2 aliphatic rings. The minimum absolute atomic E-state index is 0.0643. The number of halogens is 1. The fourth-order valence-electron chi connectivity index (χ4n) is 5.49. The van der Waals surface area contributed by atoms with Crippen LogP contribution in [0.3, 0.4) is 0 Å². The number of aryl methyl sites for hydroxylation is 1. The molecule has 0 unspecified atom stereocenters. The summed E-state index contributed by atoms with van der Waals surface area (Å²) in [5.41, 5.74) is 1.41. The first-order valence-corrected chi connectivity index (χ1v) is 12.6. The predicted molar refractivity (Wildman–Crippen MR) is 138 cm³/mol. The Labute approximate surface area is 218 Å². The second kappa shape index (κ2) is 8.57. The van der Waals surface area contributed by atoms with E-state index < -0.39 is 23.1 Å². The molecule has 0 spiro atoms. The van der Waals surface area contributed by atoms with Crippen LogP contribution in [0.5, 0.6) is 5.75 Å². The van der Waals surface area contributed by atoms with E-state index in [4.69, 9.17) is 4.74 Å². The Morgan fingerprint density at radius 1 is 1.13 bits per heavy atom. The van der Waals surface area contributed by atoms with Gasteiger partial charge in [-0.25, -0.2) is 14.4 Å². The lowest BCUT2D eigenvalue weighted by Crippen LogP contribution is -2.55. The van der Waals surface area contributed by atoms with Crippen molar-refractivity contribution < 1.29 is 24.1 Å². The van der Waals surface area contributed by atoms with E-state index in [1.165, 1.54) is 11.0 Å². The van der Waals surface area contributed by atoms with E-state index in [1.807, 2.05) is 32.2 Å². The molecule has 0 bridgehead atoms. The SMILES string of the molecule is CCC1(O)CC(O)(c2ncc(-c3ccc4nn(C)c(CN5C(=O)[C@@H](C)Oc6c(F)cccc65)c4c3)cn2)C1. The van der Waals surface area contributed by atoms with Gasteiger partial charge in [0.2, 0.25) is 0 Å². The maximum absolute atomic E-state index is 14.5. The molecule has 1 saturated carbocycles. The van der Waals surface area contributed by atoms with E-state index in [0.717, 1.165) is 27.7 Å². The van der Waals surface area contributed by atoms with Crippen LogP contribution in [0.4, 0.5) is 10.1 Å². The largest absolute Gasteiger partial charge is 0.476 e. The van der Waals surface area contributed by atoms with Crippen LogP contribution >= 0.6 is 0 Å². The molecule has 10 heteroatoms. The van der Waals surface area contributed by atoms with Crippen LogP contribution in [0.25, 0.3) is 22.0 Å². The van der Waals surface area contributed by atoms with Crippen LogP contribution < -0.4 is 9.64 Å². The van der Waals surface area contributed by atoms with Crippen LogP contribution in [0.1, 0.15) is 44.6 Å². The number of carbonyl (C=O) groups is 1. The fraction of sp³-hybridized carbons (Fsp3) is 0.357. The molecule has 6 rings (SSSR count). The Morgan fingerprint density at radius 3 is 2.58 bits per heavy atom. The van der Waals surface area contributed by atoms with Gasteiger partial charge < -0.3 is 14.9 Å². The van der Waals surface area contributed by atoms with Crippen molar-refractivity contribution in [2.24, 2.45) is 7.05 Å². The number of aromatic nitrogens is 4. The van der Waals surface area contributed by atoms with Crippen molar-refractivity contribution >= 4 is 22.5 Å². The van der Waals surface area contributed by atoms with E-state index in [0.29, 0.717) is 17.9 Å². The summed E-state index contributed by atoms with van der Waals surface area (Å²) in [5, 5.41) is 26.6. The fourth-order valence-corrected chi connectivity index (χ4v) is 5.49. The number of rotatable bonds is 5. The Morgan fingerprint density at radius 2 is 1.87 bits per heavy atom. The highest BCUT2D eigenvalue weighted by Gasteiger charge is 2.54. The molecule has 0 radical (unpaired) electrons. The van der Waals surface area contributed by atoms with Crippen LogP contribution in [0, 0.1) is 5.82 Å². The van der Waals surface area contributed by atoms with Gasteiger partial charge in [0.1, 0.15) is 5.60 Å². The smallest absolute Gasteiger partial charge is 0.268 e. The summed E-state index contributed by atoms with van der Waals surface area (Å²) in [4.78, 5) is 23.4. The number of hydrogen-bond donors (Lipinski definition) is 2. The molecule has 1 aliphatic heterocycles. The van der Waals surface area contributed by atoms with Crippen molar-refractivity contribution in [1.29, 1.82) is 0 Å². The lowest BCUT2D eigenvalue weighted by molar-refractivity contribution is -0.190. The maximum atomic E-state index is 14.5. The third kappa shape index (κ3) is 3.83. The zero-order valence-electron chi connectivity index (χ0n) is 21.3. The van der Waals surface area contributed by atoms with E-state index in [2.05, 4.69) is 15.1 Å². The van der Waals surface area contributed by atoms with Crippen LogP contribution in [-0.2, 0) is 24.0 Å². The molecule has 9 nitrogen and oxygen atoms in total. The molecule has 2 aromatic carbocycles. The number of benzene rings is 2. The number of amides is 1. The summed E-state index contributed by atoms with van der Waals surface area (Å²) in [5.74, 6) is -0.414. The van der Waals surface area contributed by atoms with Crippen molar-refractivity contribution in [3.05, 3.63) is 66.1 Å². The second-order valence-electron chi connectivity index (χ2n) is 10.3. The summed E-state index contributed by atoms with van der Waals surface area (Å²) < 4.78 is 21.7.